The van der Waals surface area contributed by atoms with E-state index in [1.165, 1.54) is 4.68 Å². The van der Waals surface area contributed by atoms with Gasteiger partial charge in [0.2, 0.25) is 5.95 Å². The molecule has 0 bridgehead atoms. The Hall–Kier alpha value is -3.28. The van der Waals surface area contributed by atoms with Crippen LogP contribution in [0.15, 0.2) is 53.3 Å². The maximum Gasteiger partial charge on any atom is 0.277 e. The smallest absolute Gasteiger partial charge is 0.277 e. The number of aryl methyl sites for hydroxylation is 1. The number of hydrogen-bond acceptors (Lipinski definition) is 3. The van der Waals surface area contributed by atoms with Gasteiger partial charge in [0, 0.05) is 17.7 Å². The van der Waals surface area contributed by atoms with Gasteiger partial charge < -0.3 is 9.72 Å². The number of aromatic nitrogens is 4. The predicted octanol–water partition coefficient (Wildman–Crippen LogP) is 2.95. The quantitative estimate of drug-likeness (QED) is 0.602. The number of methoxy groups -OCH3 is 1. The van der Waals surface area contributed by atoms with Gasteiger partial charge in [-0.15, -0.1) is 0 Å². The minimum Gasteiger partial charge on any atom is -0.497 e. The molecule has 4 aromatic rings. The first-order valence-electron chi connectivity index (χ1n) is 8.04. The molecule has 0 unspecified atom stereocenters. The van der Waals surface area contributed by atoms with Crippen LogP contribution in [0.5, 0.6) is 5.75 Å². The number of rotatable bonds is 4. The minimum absolute atomic E-state index is 0.0904. The summed E-state index contributed by atoms with van der Waals surface area (Å²) in [6.45, 7) is 1.90. The van der Waals surface area contributed by atoms with Gasteiger partial charge in [0.15, 0.2) is 0 Å². The molecule has 4 rings (SSSR count). The molecule has 2 aromatic carbocycles. The summed E-state index contributed by atoms with van der Waals surface area (Å²) in [5.41, 5.74) is 4.25. The van der Waals surface area contributed by atoms with Gasteiger partial charge in [-0.1, -0.05) is 24.3 Å². The number of H-pyrrole nitrogens is 2. The lowest BCUT2D eigenvalue weighted by atomic mass is 10.1. The van der Waals surface area contributed by atoms with Gasteiger partial charge in [-0.25, -0.2) is 4.98 Å². The third kappa shape index (κ3) is 2.71. The molecular weight excluding hydrogens is 316 g/mol. The highest BCUT2D eigenvalue weighted by Crippen LogP contribution is 2.16. The number of benzene rings is 2. The average Bonchev–Trinajstić information content (AvgIpc) is 3.18. The normalized spacial score (nSPS) is 11.1. The number of para-hydroxylation sites is 2. The largest absolute Gasteiger partial charge is 0.497 e. The van der Waals surface area contributed by atoms with Crippen molar-refractivity contribution in [1.29, 1.82) is 0 Å². The summed E-state index contributed by atoms with van der Waals surface area (Å²) in [5.74, 6) is 1.30. The van der Waals surface area contributed by atoms with E-state index in [0.29, 0.717) is 12.4 Å². The Bertz CT molecular complexity index is 1050. The van der Waals surface area contributed by atoms with Crippen molar-refractivity contribution in [3.8, 4) is 11.7 Å². The molecule has 25 heavy (non-hydrogen) atoms. The number of nitrogens with one attached hydrogen (secondary N) is 2. The average molecular weight is 334 g/mol. The molecule has 0 aliphatic rings. The van der Waals surface area contributed by atoms with E-state index in [9.17, 15) is 4.79 Å². The summed E-state index contributed by atoms with van der Waals surface area (Å²) in [6, 6.07) is 15.4. The summed E-state index contributed by atoms with van der Waals surface area (Å²) < 4.78 is 6.64. The van der Waals surface area contributed by atoms with E-state index in [1.807, 2.05) is 55.5 Å². The van der Waals surface area contributed by atoms with Crippen LogP contribution in [0.4, 0.5) is 0 Å². The molecule has 0 spiro atoms. The highest BCUT2D eigenvalue weighted by molar-refractivity contribution is 5.75. The fourth-order valence-corrected chi connectivity index (χ4v) is 2.93. The second-order valence-electron chi connectivity index (χ2n) is 5.96. The lowest BCUT2D eigenvalue weighted by Crippen LogP contribution is -2.18. The zero-order valence-corrected chi connectivity index (χ0v) is 14.0. The third-order valence-electron chi connectivity index (χ3n) is 4.32. The van der Waals surface area contributed by atoms with E-state index in [2.05, 4.69) is 15.1 Å². The number of hydrogen-bond donors (Lipinski definition) is 2. The van der Waals surface area contributed by atoms with Gasteiger partial charge in [-0.2, -0.15) is 4.68 Å². The van der Waals surface area contributed by atoms with Gasteiger partial charge in [-0.05, 0) is 36.8 Å². The standard InChI is InChI=1S/C19H18N4O2/c1-12-15(11-13-7-9-14(25-2)10-8-13)18(24)23(22-12)19-20-16-5-3-4-6-17(16)21-19/h3-10,22H,11H2,1-2H3,(H,20,21). The second-order valence-corrected chi connectivity index (χ2v) is 5.96. The molecule has 2 aromatic heterocycles. The maximum absolute atomic E-state index is 12.8. The summed E-state index contributed by atoms with van der Waals surface area (Å²) >= 11 is 0. The van der Waals surface area contributed by atoms with Crippen molar-refractivity contribution in [2.45, 2.75) is 13.3 Å². The molecule has 0 amide bonds. The van der Waals surface area contributed by atoms with Gasteiger partial charge >= 0.3 is 0 Å². The Labute approximate surface area is 144 Å². The van der Waals surface area contributed by atoms with Crippen LogP contribution in [0, 0.1) is 6.92 Å². The third-order valence-corrected chi connectivity index (χ3v) is 4.32. The number of ether oxygens (including phenoxy) is 1. The van der Waals surface area contributed by atoms with Crippen LogP contribution < -0.4 is 10.3 Å². The van der Waals surface area contributed by atoms with Crippen molar-refractivity contribution in [3.05, 3.63) is 75.7 Å². The van der Waals surface area contributed by atoms with Crippen LogP contribution in [-0.4, -0.2) is 26.9 Å². The number of fused-ring (bicyclic) bond motifs is 1. The molecule has 0 saturated carbocycles. The van der Waals surface area contributed by atoms with Gasteiger partial charge in [-0.3, -0.25) is 9.89 Å². The molecule has 0 aliphatic carbocycles. The Morgan fingerprint density at radius 3 is 2.60 bits per heavy atom. The number of aromatic amines is 2. The second kappa shape index (κ2) is 5.98. The Balaban J connectivity index is 1.71. The monoisotopic (exact) mass is 334 g/mol. The lowest BCUT2D eigenvalue weighted by molar-refractivity contribution is 0.414. The summed E-state index contributed by atoms with van der Waals surface area (Å²) in [5, 5.41) is 3.12. The Morgan fingerprint density at radius 1 is 1.12 bits per heavy atom. The van der Waals surface area contributed by atoms with Crippen molar-refractivity contribution in [2.24, 2.45) is 0 Å². The molecule has 6 nitrogen and oxygen atoms in total. The van der Waals surface area contributed by atoms with Gasteiger partial charge in [0.05, 0.1) is 18.1 Å². The van der Waals surface area contributed by atoms with Crippen LogP contribution in [0.3, 0.4) is 0 Å². The molecule has 6 heteroatoms. The van der Waals surface area contributed by atoms with Crippen molar-refractivity contribution in [3.63, 3.8) is 0 Å². The van der Waals surface area contributed by atoms with Crippen molar-refractivity contribution >= 4 is 11.0 Å². The zero-order chi connectivity index (χ0) is 17.4. The molecule has 0 saturated heterocycles. The topological polar surface area (TPSA) is 75.7 Å². The highest BCUT2D eigenvalue weighted by Gasteiger charge is 2.15. The van der Waals surface area contributed by atoms with E-state index in [-0.39, 0.29) is 5.56 Å². The molecule has 2 heterocycles. The van der Waals surface area contributed by atoms with E-state index in [4.69, 9.17) is 4.74 Å². The van der Waals surface area contributed by atoms with Crippen LogP contribution in [0.25, 0.3) is 17.0 Å². The first-order valence-corrected chi connectivity index (χ1v) is 8.04. The highest BCUT2D eigenvalue weighted by atomic mass is 16.5. The molecule has 0 aliphatic heterocycles. The first kappa shape index (κ1) is 15.3. The summed E-state index contributed by atoms with van der Waals surface area (Å²) in [7, 11) is 1.64. The fraction of sp³-hybridized carbons (Fsp3) is 0.158. The summed E-state index contributed by atoms with van der Waals surface area (Å²) in [4.78, 5) is 20.5. The Morgan fingerprint density at radius 2 is 1.88 bits per heavy atom. The zero-order valence-electron chi connectivity index (χ0n) is 14.0. The van der Waals surface area contributed by atoms with Crippen LogP contribution in [-0.2, 0) is 6.42 Å². The molecule has 0 radical (unpaired) electrons. The molecule has 126 valence electrons. The van der Waals surface area contributed by atoms with E-state index < -0.39 is 0 Å². The fourth-order valence-electron chi connectivity index (χ4n) is 2.93. The van der Waals surface area contributed by atoms with Crippen LogP contribution in [0.2, 0.25) is 0 Å². The SMILES string of the molecule is COc1ccc(Cc2c(C)[nH]n(-c3nc4ccccc4[nH]3)c2=O)cc1. The number of nitrogens with zero attached hydrogens (tertiary/aromatic N) is 2. The Kier molecular flexibility index (Phi) is 3.65. The molecule has 0 fully saturated rings. The van der Waals surface area contributed by atoms with E-state index >= 15 is 0 Å². The molecule has 2 N–H and O–H groups in total. The maximum atomic E-state index is 12.8. The van der Waals surface area contributed by atoms with Crippen molar-refractivity contribution in [1.82, 2.24) is 19.7 Å². The number of imidazole rings is 1. The van der Waals surface area contributed by atoms with Gasteiger partial charge in [0.25, 0.3) is 5.56 Å². The van der Waals surface area contributed by atoms with Crippen LogP contribution >= 0.6 is 0 Å². The van der Waals surface area contributed by atoms with E-state index in [0.717, 1.165) is 33.6 Å². The minimum atomic E-state index is -0.0904. The van der Waals surface area contributed by atoms with Crippen LogP contribution in [0.1, 0.15) is 16.8 Å². The van der Waals surface area contributed by atoms with Gasteiger partial charge in [0.1, 0.15) is 5.75 Å². The van der Waals surface area contributed by atoms with E-state index in [1.54, 1.807) is 7.11 Å². The van der Waals surface area contributed by atoms with Crippen molar-refractivity contribution in [2.75, 3.05) is 7.11 Å². The lowest BCUT2D eigenvalue weighted by Gasteiger charge is -2.02. The molecular formula is C19H18N4O2. The predicted molar refractivity (Wildman–Crippen MR) is 96.6 cm³/mol. The first-order chi connectivity index (χ1) is 12.2. The summed E-state index contributed by atoms with van der Waals surface area (Å²) in [6.07, 6.45) is 0.554. The van der Waals surface area contributed by atoms with Crippen molar-refractivity contribution < 1.29 is 4.74 Å². The molecule has 0 atom stereocenters.